The standard InChI is InChI=1S/C14H12FN3O3S2/c1-8-7-10(15)3-4-11(8)17-23(20,21)12-9(2)16-14-18(13(12)19)5-6-22-14/h3-7,17H,1-2H3. The van der Waals surface area contributed by atoms with Crippen molar-refractivity contribution in [3.05, 3.63) is 57.2 Å². The Hall–Kier alpha value is -2.26. The lowest BCUT2D eigenvalue weighted by molar-refractivity contribution is 0.597. The van der Waals surface area contributed by atoms with Crippen molar-refractivity contribution in [2.24, 2.45) is 0 Å². The highest BCUT2D eigenvalue weighted by Gasteiger charge is 2.24. The maximum atomic E-state index is 13.1. The van der Waals surface area contributed by atoms with Crippen molar-refractivity contribution in [3.63, 3.8) is 0 Å². The van der Waals surface area contributed by atoms with Crippen LogP contribution < -0.4 is 10.3 Å². The minimum Gasteiger partial charge on any atom is -0.279 e. The summed E-state index contributed by atoms with van der Waals surface area (Å²) in [6.07, 6.45) is 1.47. The van der Waals surface area contributed by atoms with Gasteiger partial charge in [0.2, 0.25) is 0 Å². The van der Waals surface area contributed by atoms with Crippen LogP contribution >= 0.6 is 11.3 Å². The van der Waals surface area contributed by atoms with Crippen LogP contribution in [0.15, 0.2) is 39.5 Å². The quantitative estimate of drug-likeness (QED) is 0.783. The summed E-state index contributed by atoms with van der Waals surface area (Å²) in [5.41, 5.74) is 0.0715. The van der Waals surface area contributed by atoms with Crippen molar-refractivity contribution < 1.29 is 12.8 Å². The molecule has 1 aromatic carbocycles. The van der Waals surface area contributed by atoms with Gasteiger partial charge in [0.25, 0.3) is 15.6 Å². The molecular weight excluding hydrogens is 341 g/mol. The maximum absolute atomic E-state index is 13.1. The number of fused-ring (bicyclic) bond motifs is 1. The van der Waals surface area contributed by atoms with E-state index in [0.717, 1.165) is 6.07 Å². The number of nitrogens with one attached hydrogen (secondary N) is 1. The number of hydrogen-bond acceptors (Lipinski definition) is 5. The van der Waals surface area contributed by atoms with Crippen molar-refractivity contribution >= 4 is 32.0 Å². The molecule has 2 aromatic heterocycles. The van der Waals surface area contributed by atoms with Crippen molar-refractivity contribution in [1.29, 1.82) is 0 Å². The monoisotopic (exact) mass is 353 g/mol. The van der Waals surface area contributed by atoms with Crippen LogP contribution in [0.5, 0.6) is 0 Å². The topological polar surface area (TPSA) is 80.5 Å². The Morgan fingerprint density at radius 3 is 2.74 bits per heavy atom. The molecule has 0 saturated carbocycles. The molecule has 3 rings (SSSR count). The van der Waals surface area contributed by atoms with Gasteiger partial charge in [0.05, 0.1) is 11.4 Å². The predicted octanol–water partition coefficient (Wildman–Crippen LogP) is 2.31. The molecule has 2 heterocycles. The lowest BCUT2D eigenvalue weighted by atomic mass is 10.2. The van der Waals surface area contributed by atoms with Crippen molar-refractivity contribution in [2.45, 2.75) is 18.7 Å². The minimum absolute atomic E-state index is 0.115. The first-order valence-corrected chi connectivity index (χ1v) is 8.91. The molecule has 0 aliphatic carbocycles. The molecule has 0 saturated heterocycles. The Balaban J connectivity index is 2.15. The van der Waals surface area contributed by atoms with Crippen LogP contribution in [0.25, 0.3) is 4.96 Å². The molecule has 0 fully saturated rings. The zero-order chi connectivity index (χ0) is 16.8. The molecule has 0 amide bonds. The summed E-state index contributed by atoms with van der Waals surface area (Å²) in [4.78, 5) is 16.6. The molecule has 120 valence electrons. The van der Waals surface area contributed by atoms with Crippen molar-refractivity contribution in [1.82, 2.24) is 9.38 Å². The Morgan fingerprint density at radius 2 is 2.04 bits per heavy atom. The van der Waals surface area contributed by atoms with Gasteiger partial charge in [-0.2, -0.15) is 0 Å². The van der Waals surface area contributed by atoms with Crippen LogP contribution in [-0.2, 0) is 10.0 Å². The lowest BCUT2D eigenvalue weighted by Crippen LogP contribution is -2.27. The van der Waals surface area contributed by atoms with E-state index in [9.17, 15) is 17.6 Å². The molecule has 3 aromatic rings. The van der Waals surface area contributed by atoms with Gasteiger partial charge in [-0.05, 0) is 37.6 Å². The number of anilines is 1. The number of aromatic nitrogens is 2. The van der Waals surface area contributed by atoms with E-state index in [-0.39, 0.29) is 11.4 Å². The number of benzene rings is 1. The van der Waals surface area contributed by atoms with Crippen molar-refractivity contribution in [3.8, 4) is 0 Å². The fraction of sp³-hybridized carbons (Fsp3) is 0.143. The molecule has 0 aliphatic heterocycles. The van der Waals surface area contributed by atoms with Crippen LogP contribution in [0, 0.1) is 19.7 Å². The number of hydrogen-bond donors (Lipinski definition) is 1. The highest BCUT2D eigenvalue weighted by Crippen LogP contribution is 2.21. The van der Waals surface area contributed by atoms with Gasteiger partial charge in [0.15, 0.2) is 9.86 Å². The van der Waals surface area contributed by atoms with Gasteiger partial charge < -0.3 is 0 Å². The van der Waals surface area contributed by atoms with Gasteiger partial charge in [0.1, 0.15) is 5.82 Å². The number of rotatable bonds is 3. The first-order valence-electron chi connectivity index (χ1n) is 6.55. The van der Waals surface area contributed by atoms with Crippen LogP contribution in [-0.4, -0.2) is 17.8 Å². The second-order valence-corrected chi connectivity index (χ2v) is 7.44. The first-order chi connectivity index (χ1) is 10.8. The molecular formula is C14H12FN3O3S2. The van der Waals surface area contributed by atoms with Crippen LogP contribution in [0.3, 0.4) is 0 Å². The Bertz CT molecular complexity index is 1070. The SMILES string of the molecule is Cc1cc(F)ccc1NS(=O)(=O)c1c(C)nc2sccn2c1=O. The summed E-state index contributed by atoms with van der Waals surface area (Å²) >= 11 is 1.24. The Kier molecular flexibility index (Phi) is 3.69. The Morgan fingerprint density at radius 1 is 1.30 bits per heavy atom. The number of nitrogens with zero attached hydrogens (tertiary/aromatic N) is 2. The van der Waals surface area contributed by atoms with E-state index in [2.05, 4.69) is 9.71 Å². The third kappa shape index (κ3) is 2.73. The molecule has 0 aliphatic rings. The molecule has 1 N–H and O–H groups in total. The first kappa shape index (κ1) is 15.6. The highest BCUT2D eigenvalue weighted by molar-refractivity contribution is 7.92. The van der Waals surface area contributed by atoms with Crippen LogP contribution in [0.4, 0.5) is 10.1 Å². The summed E-state index contributed by atoms with van der Waals surface area (Å²) in [5.74, 6) is -0.469. The molecule has 0 atom stereocenters. The summed E-state index contributed by atoms with van der Waals surface area (Å²) in [5, 5.41) is 1.65. The molecule has 0 spiro atoms. The highest BCUT2D eigenvalue weighted by atomic mass is 32.2. The van der Waals surface area contributed by atoms with E-state index >= 15 is 0 Å². The van der Waals surface area contributed by atoms with Gasteiger partial charge in [-0.3, -0.25) is 13.9 Å². The van der Waals surface area contributed by atoms with Gasteiger partial charge in [-0.25, -0.2) is 17.8 Å². The molecule has 6 nitrogen and oxygen atoms in total. The van der Waals surface area contributed by atoms with Gasteiger partial charge in [0, 0.05) is 11.6 Å². The molecule has 0 radical (unpaired) electrons. The molecule has 0 unspecified atom stereocenters. The van der Waals surface area contributed by atoms with E-state index in [1.54, 1.807) is 12.3 Å². The van der Waals surface area contributed by atoms with Crippen LogP contribution in [0.2, 0.25) is 0 Å². The number of sulfonamides is 1. The second-order valence-electron chi connectivity index (χ2n) is 4.95. The lowest BCUT2D eigenvalue weighted by Gasteiger charge is -2.11. The zero-order valence-corrected chi connectivity index (χ0v) is 13.8. The summed E-state index contributed by atoms with van der Waals surface area (Å²) in [6, 6.07) is 3.66. The molecule has 9 heteroatoms. The van der Waals surface area contributed by atoms with E-state index in [1.807, 2.05) is 0 Å². The van der Waals surface area contributed by atoms with E-state index in [4.69, 9.17) is 0 Å². The Labute approximate surface area is 135 Å². The maximum Gasteiger partial charge on any atom is 0.279 e. The smallest absolute Gasteiger partial charge is 0.279 e. The predicted molar refractivity (Wildman–Crippen MR) is 86.0 cm³/mol. The molecule has 0 bridgehead atoms. The van der Waals surface area contributed by atoms with E-state index < -0.39 is 26.3 Å². The number of thiazole rings is 1. The summed E-state index contributed by atoms with van der Waals surface area (Å²) in [6.45, 7) is 3.04. The minimum atomic E-state index is -4.14. The van der Waals surface area contributed by atoms with Crippen molar-refractivity contribution in [2.75, 3.05) is 4.72 Å². The number of halogens is 1. The average Bonchev–Trinajstić information content (AvgIpc) is 2.90. The van der Waals surface area contributed by atoms with Crippen LogP contribution in [0.1, 0.15) is 11.3 Å². The normalized spacial score (nSPS) is 11.8. The van der Waals surface area contributed by atoms with Gasteiger partial charge in [-0.15, -0.1) is 11.3 Å². The fourth-order valence-electron chi connectivity index (χ4n) is 2.21. The largest absolute Gasteiger partial charge is 0.279 e. The number of aryl methyl sites for hydroxylation is 2. The third-order valence-corrected chi connectivity index (χ3v) is 5.55. The summed E-state index contributed by atoms with van der Waals surface area (Å²) in [7, 11) is -4.14. The molecule has 23 heavy (non-hydrogen) atoms. The summed E-state index contributed by atoms with van der Waals surface area (Å²) < 4.78 is 41.8. The van der Waals surface area contributed by atoms with Gasteiger partial charge >= 0.3 is 0 Å². The second kappa shape index (κ2) is 5.43. The van der Waals surface area contributed by atoms with Gasteiger partial charge in [-0.1, -0.05) is 0 Å². The average molecular weight is 353 g/mol. The zero-order valence-electron chi connectivity index (χ0n) is 12.2. The fourth-order valence-corrected chi connectivity index (χ4v) is 4.35. The van der Waals surface area contributed by atoms with E-state index in [0.29, 0.717) is 10.5 Å². The van der Waals surface area contributed by atoms with E-state index in [1.165, 1.54) is 41.0 Å². The third-order valence-electron chi connectivity index (χ3n) is 3.30.